The van der Waals surface area contributed by atoms with Gasteiger partial charge in [0.2, 0.25) is 5.91 Å². The monoisotopic (exact) mass is 481 g/mol. The van der Waals surface area contributed by atoms with Crippen LogP contribution in [0.25, 0.3) is 10.9 Å². The lowest BCUT2D eigenvalue weighted by Gasteiger charge is -2.17. The molecule has 0 aliphatic carbocycles. The Balaban J connectivity index is 1.67. The zero-order valence-corrected chi connectivity index (χ0v) is 18.0. The van der Waals surface area contributed by atoms with Crippen molar-refractivity contribution >= 4 is 46.0 Å². The topological polar surface area (TPSA) is 100 Å². The summed E-state index contributed by atoms with van der Waals surface area (Å²) < 4.78 is 44.5. The average Bonchev–Trinajstić information content (AvgIpc) is 3.14. The lowest BCUT2D eigenvalue weighted by atomic mass is 10.0. The van der Waals surface area contributed by atoms with E-state index in [0.29, 0.717) is 6.07 Å². The van der Waals surface area contributed by atoms with Crippen LogP contribution in [0, 0.1) is 0 Å². The first kappa shape index (κ1) is 24.1. The molecule has 0 saturated carbocycles. The third-order valence-electron chi connectivity index (χ3n) is 4.67. The van der Waals surface area contributed by atoms with Gasteiger partial charge in [-0.1, -0.05) is 29.8 Å². The number of fused-ring (bicyclic) bond motifs is 1. The summed E-state index contributed by atoms with van der Waals surface area (Å²) in [6.45, 7) is 0.379. The number of hydrogen-bond donors (Lipinski definition) is 3. The number of benzene rings is 2. The molecule has 1 aromatic heterocycles. The smallest absolute Gasteiger partial charge is 0.418 e. The number of anilines is 1. The van der Waals surface area contributed by atoms with Crippen LogP contribution < -0.4 is 10.6 Å². The molecule has 1 unspecified atom stereocenters. The van der Waals surface area contributed by atoms with E-state index in [-0.39, 0.29) is 11.4 Å². The second kappa shape index (κ2) is 9.95. The fourth-order valence-electron chi connectivity index (χ4n) is 3.24. The van der Waals surface area contributed by atoms with Gasteiger partial charge in [0.15, 0.2) is 6.61 Å². The van der Waals surface area contributed by atoms with Gasteiger partial charge in [0.25, 0.3) is 5.91 Å². The van der Waals surface area contributed by atoms with E-state index in [1.165, 1.54) is 13.0 Å². The maximum absolute atomic E-state index is 13.2. The summed E-state index contributed by atoms with van der Waals surface area (Å²) in [5, 5.41) is 5.23. The summed E-state index contributed by atoms with van der Waals surface area (Å²) in [4.78, 5) is 39.3. The van der Waals surface area contributed by atoms with E-state index in [4.69, 9.17) is 16.3 Å². The number of H-pyrrole nitrogens is 1. The van der Waals surface area contributed by atoms with Crippen LogP contribution in [0.15, 0.2) is 48.7 Å². The minimum Gasteiger partial charge on any atom is -0.454 e. The molecular formula is C22H19ClF3N3O4. The first-order chi connectivity index (χ1) is 15.5. The lowest BCUT2D eigenvalue weighted by Crippen LogP contribution is -2.43. The molecule has 7 nitrogen and oxygen atoms in total. The quantitative estimate of drug-likeness (QED) is 0.443. The van der Waals surface area contributed by atoms with Gasteiger partial charge in [-0.2, -0.15) is 13.2 Å². The molecule has 3 aromatic rings. The van der Waals surface area contributed by atoms with E-state index in [9.17, 15) is 27.6 Å². The minimum absolute atomic E-state index is 0.0828. The van der Waals surface area contributed by atoms with Crippen LogP contribution in [0.4, 0.5) is 18.9 Å². The van der Waals surface area contributed by atoms with Crippen LogP contribution >= 0.6 is 11.6 Å². The molecule has 0 saturated heterocycles. The van der Waals surface area contributed by atoms with Crippen molar-refractivity contribution in [2.24, 2.45) is 0 Å². The van der Waals surface area contributed by atoms with Crippen LogP contribution in [0.2, 0.25) is 5.02 Å². The molecule has 0 radical (unpaired) electrons. The first-order valence-electron chi connectivity index (χ1n) is 9.70. The van der Waals surface area contributed by atoms with E-state index in [2.05, 4.69) is 15.6 Å². The Morgan fingerprint density at radius 3 is 2.58 bits per heavy atom. The van der Waals surface area contributed by atoms with E-state index in [1.807, 2.05) is 24.3 Å². The van der Waals surface area contributed by atoms with Gasteiger partial charge in [-0.25, -0.2) is 4.79 Å². The molecule has 0 aliphatic heterocycles. The molecule has 1 heterocycles. The third kappa shape index (κ3) is 6.26. The predicted molar refractivity (Wildman–Crippen MR) is 116 cm³/mol. The average molecular weight is 482 g/mol. The Kier molecular flexibility index (Phi) is 7.27. The molecular weight excluding hydrogens is 463 g/mol. The zero-order chi connectivity index (χ0) is 24.2. The van der Waals surface area contributed by atoms with Gasteiger partial charge in [-0.3, -0.25) is 9.59 Å². The molecule has 2 aromatic carbocycles. The van der Waals surface area contributed by atoms with Gasteiger partial charge >= 0.3 is 12.1 Å². The van der Waals surface area contributed by atoms with Crippen LogP contribution in [0.3, 0.4) is 0 Å². The first-order valence-corrected chi connectivity index (χ1v) is 10.1. The highest BCUT2D eigenvalue weighted by Crippen LogP contribution is 2.36. The summed E-state index contributed by atoms with van der Waals surface area (Å²) in [6, 6.07) is 9.12. The zero-order valence-electron chi connectivity index (χ0n) is 17.3. The summed E-state index contributed by atoms with van der Waals surface area (Å²) >= 11 is 5.61. The summed E-state index contributed by atoms with van der Waals surface area (Å²) in [5.41, 5.74) is -0.0812. The van der Waals surface area contributed by atoms with Crippen LogP contribution in [-0.2, 0) is 31.7 Å². The molecule has 1 atom stereocenters. The Hall–Kier alpha value is -3.53. The number of aromatic nitrogens is 1. The second-order valence-corrected chi connectivity index (χ2v) is 7.60. The van der Waals surface area contributed by atoms with Crippen molar-refractivity contribution in [1.29, 1.82) is 0 Å². The molecule has 0 spiro atoms. The van der Waals surface area contributed by atoms with Gasteiger partial charge < -0.3 is 20.4 Å². The van der Waals surface area contributed by atoms with Crippen molar-refractivity contribution in [1.82, 2.24) is 10.3 Å². The highest BCUT2D eigenvalue weighted by Gasteiger charge is 2.34. The van der Waals surface area contributed by atoms with Crippen molar-refractivity contribution in [2.75, 3.05) is 11.9 Å². The second-order valence-electron chi connectivity index (χ2n) is 7.16. The van der Waals surface area contributed by atoms with Crippen LogP contribution in [0.1, 0.15) is 18.1 Å². The molecule has 0 aliphatic rings. The highest BCUT2D eigenvalue weighted by molar-refractivity contribution is 6.30. The van der Waals surface area contributed by atoms with Crippen molar-refractivity contribution in [3.8, 4) is 0 Å². The van der Waals surface area contributed by atoms with Gasteiger partial charge in [-0.05, 0) is 29.8 Å². The number of carbonyl (C=O) groups is 3. The van der Waals surface area contributed by atoms with Crippen LogP contribution in [0.5, 0.6) is 0 Å². The van der Waals surface area contributed by atoms with Crippen molar-refractivity contribution in [2.45, 2.75) is 25.6 Å². The van der Waals surface area contributed by atoms with E-state index < -0.39 is 47.9 Å². The number of para-hydroxylation sites is 1. The van der Waals surface area contributed by atoms with E-state index in [1.54, 1.807) is 6.20 Å². The fraction of sp³-hybridized carbons (Fsp3) is 0.227. The Morgan fingerprint density at radius 1 is 1.15 bits per heavy atom. The number of amides is 2. The highest BCUT2D eigenvalue weighted by atomic mass is 35.5. The molecule has 174 valence electrons. The normalized spacial score (nSPS) is 12.3. The Labute approximate surface area is 191 Å². The number of esters is 1. The fourth-order valence-corrected chi connectivity index (χ4v) is 3.41. The molecule has 33 heavy (non-hydrogen) atoms. The SMILES string of the molecule is CC(=O)NC(Cc1c[nH]c2ccccc12)C(=O)OCC(=O)Nc1ccc(Cl)cc1C(F)(F)F. The number of hydrogen-bond acceptors (Lipinski definition) is 4. The van der Waals surface area contributed by atoms with Gasteiger partial charge in [0.05, 0.1) is 11.3 Å². The molecule has 3 rings (SSSR count). The number of nitrogens with one attached hydrogen (secondary N) is 3. The number of ether oxygens (including phenoxy) is 1. The molecule has 3 N–H and O–H groups in total. The molecule has 0 fully saturated rings. The van der Waals surface area contributed by atoms with E-state index >= 15 is 0 Å². The number of rotatable bonds is 7. The number of aromatic amines is 1. The summed E-state index contributed by atoms with van der Waals surface area (Å²) in [5.74, 6) is -2.38. The maximum atomic E-state index is 13.2. The van der Waals surface area contributed by atoms with Crippen molar-refractivity contribution in [3.63, 3.8) is 0 Å². The molecule has 11 heteroatoms. The minimum atomic E-state index is -4.75. The number of carbonyl (C=O) groups excluding carboxylic acids is 3. The standard InChI is InChI=1S/C22H19ClF3N3O4/c1-12(30)28-19(8-13-10-27-17-5-3-2-4-15(13)17)21(32)33-11-20(31)29-18-7-6-14(23)9-16(18)22(24,25)26/h2-7,9-10,19,27H,8,11H2,1H3,(H,28,30)(H,29,31). The van der Waals surface area contributed by atoms with Gasteiger partial charge in [-0.15, -0.1) is 0 Å². The Bertz CT molecular complexity index is 1190. The molecule has 0 bridgehead atoms. The third-order valence-corrected chi connectivity index (χ3v) is 4.90. The summed E-state index contributed by atoms with van der Waals surface area (Å²) in [7, 11) is 0. The summed E-state index contributed by atoms with van der Waals surface area (Å²) in [6.07, 6.45) is -2.97. The largest absolute Gasteiger partial charge is 0.454 e. The van der Waals surface area contributed by atoms with Gasteiger partial charge in [0.1, 0.15) is 6.04 Å². The van der Waals surface area contributed by atoms with Crippen molar-refractivity contribution < 1.29 is 32.3 Å². The number of halogens is 4. The van der Waals surface area contributed by atoms with Crippen molar-refractivity contribution in [3.05, 3.63) is 64.8 Å². The van der Waals surface area contributed by atoms with Crippen LogP contribution in [-0.4, -0.2) is 35.4 Å². The Morgan fingerprint density at radius 2 is 1.88 bits per heavy atom. The lowest BCUT2D eigenvalue weighted by molar-refractivity contribution is -0.150. The molecule has 2 amide bonds. The number of alkyl halides is 3. The predicted octanol–water partition coefficient (Wildman–Crippen LogP) is 4.07. The van der Waals surface area contributed by atoms with Gasteiger partial charge in [0, 0.05) is 35.5 Å². The van der Waals surface area contributed by atoms with E-state index in [0.717, 1.165) is 22.5 Å². The maximum Gasteiger partial charge on any atom is 0.418 e.